The standard InChI is InChI=1S/C13H27NO3/c1-8(2)5-10(13(16)17)7-12(15)11(14)6-9(3)4/h8-12,15H,5-7,14H2,1-4H3,(H,16,17)/t10-,11+,12+/m1/s1. The summed E-state index contributed by atoms with van der Waals surface area (Å²) < 4.78 is 0. The number of carboxylic acids is 1. The fraction of sp³-hybridized carbons (Fsp3) is 0.923. The summed E-state index contributed by atoms with van der Waals surface area (Å²) in [6, 6.07) is -0.330. The third-order valence-electron chi connectivity index (χ3n) is 2.87. The van der Waals surface area contributed by atoms with E-state index in [1.807, 2.05) is 27.7 Å². The molecule has 0 spiro atoms. The minimum Gasteiger partial charge on any atom is -0.481 e. The minimum absolute atomic E-state index is 0.251. The Balaban J connectivity index is 4.29. The van der Waals surface area contributed by atoms with Crippen molar-refractivity contribution < 1.29 is 15.0 Å². The van der Waals surface area contributed by atoms with Gasteiger partial charge in [0.15, 0.2) is 0 Å². The van der Waals surface area contributed by atoms with Gasteiger partial charge in [0, 0.05) is 6.04 Å². The summed E-state index contributed by atoms with van der Waals surface area (Å²) in [5.41, 5.74) is 5.85. The first-order chi connectivity index (χ1) is 7.73. The molecule has 4 heteroatoms. The molecule has 0 aliphatic carbocycles. The third kappa shape index (κ3) is 7.34. The van der Waals surface area contributed by atoms with E-state index in [1.54, 1.807) is 0 Å². The lowest BCUT2D eigenvalue weighted by Gasteiger charge is -2.24. The molecule has 4 nitrogen and oxygen atoms in total. The number of aliphatic hydroxyl groups excluding tert-OH is 1. The molecule has 0 rings (SSSR count). The van der Waals surface area contributed by atoms with Gasteiger partial charge in [-0.05, 0) is 31.1 Å². The average molecular weight is 245 g/mol. The monoisotopic (exact) mass is 245 g/mol. The molecular formula is C13H27NO3. The fourth-order valence-electron chi connectivity index (χ4n) is 2.03. The largest absolute Gasteiger partial charge is 0.481 e. The lowest BCUT2D eigenvalue weighted by atomic mass is 9.88. The maximum atomic E-state index is 11.1. The quantitative estimate of drug-likeness (QED) is 0.609. The van der Waals surface area contributed by atoms with Crippen LogP contribution in [-0.4, -0.2) is 28.3 Å². The summed E-state index contributed by atoms with van der Waals surface area (Å²) in [6.45, 7) is 8.04. The predicted octanol–water partition coefficient (Wildman–Crippen LogP) is 1.86. The first-order valence-electron chi connectivity index (χ1n) is 6.40. The second-order valence-corrected chi connectivity index (χ2v) is 5.76. The number of carbonyl (C=O) groups is 1. The highest BCUT2D eigenvalue weighted by molar-refractivity contribution is 5.70. The van der Waals surface area contributed by atoms with E-state index < -0.39 is 18.0 Å². The molecule has 0 aromatic rings. The Morgan fingerprint density at radius 3 is 1.88 bits per heavy atom. The van der Waals surface area contributed by atoms with Crippen molar-refractivity contribution >= 4 is 5.97 Å². The molecule has 0 aliphatic heterocycles. The van der Waals surface area contributed by atoms with Gasteiger partial charge in [-0.25, -0.2) is 0 Å². The van der Waals surface area contributed by atoms with Crippen molar-refractivity contribution in [3.63, 3.8) is 0 Å². The highest BCUT2D eigenvalue weighted by Crippen LogP contribution is 2.20. The number of carboxylic acid groups (broad SMARTS) is 1. The zero-order chi connectivity index (χ0) is 13.6. The average Bonchev–Trinajstić information content (AvgIpc) is 2.14. The van der Waals surface area contributed by atoms with Gasteiger partial charge in [0.2, 0.25) is 0 Å². The first kappa shape index (κ1) is 16.4. The van der Waals surface area contributed by atoms with Gasteiger partial charge in [-0.3, -0.25) is 4.79 Å². The SMILES string of the molecule is CC(C)C[C@H](C[C@H](O)[C@@H](N)CC(C)C)C(=O)O. The van der Waals surface area contributed by atoms with Crippen molar-refractivity contribution in [1.29, 1.82) is 0 Å². The number of rotatable bonds is 8. The van der Waals surface area contributed by atoms with Crippen LogP contribution in [0.25, 0.3) is 0 Å². The summed E-state index contributed by atoms with van der Waals surface area (Å²) in [5, 5.41) is 19.0. The number of nitrogens with two attached hydrogens (primary N) is 1. The number of aliphatic hydroxyl groups is 1. The summed E-state index contributed by atoms with van der Waals surface area (Å²) in [7, 11) is 0. The maximum absolute atomic E-state index is 11.1. The molecule has 0 unspecified atom stereocenters. The van der Waals surface area contributed by atoms with E-state index in [0.29, 0.717) is 18.3 Å². The van der Waals surface area contributed by atoms with Crippen LogP contribution in [0.4, 0.5) is 0 Å². The van der Waals surface area contributed by atoms with E-state index in [-0.39, 0.29) is 12.5 Å². The molecule has 4 N–H and O–H groups in total. The predicted molar refractivity (Wildman–Crippen MR) is 68.6 cm³/mol. The van der Waals surface area contributed by atoms with Gasteiger partial charge in [0.1, 0.15) is 0 Å². The lowest BCUT2D eigenvalue weighted by molar-refractivity contribution is -0.143. The van der Waals surface area contributed by atoms with Crippen molar-refractivity contribution in [2.45, 2.75) is 59.1 Å². The van der Waals surface area contributed by atoms with Crippen molar-refractivity contribution in [2.24, 2.45) is 23.5 Å². The Bertz CT molecular complexity index is 229. The molecule has 3 atom stereocenters. The molecular weight excluding hydrogens is 218 g/mol. The van der Waals surface area contributed by atoms with Crippen LogP contribution in [-0.2, 0) is 4.79 Å². The molecule has 0 aromatic heterocycles. The van der Waals surface area contributed by atoms with Crippen LogP contribution in [0, 0.1) is 17.8 Å². The van der Waals surface area contributed by atoms with E-state index in [9.17, 15) is 9.90 Å². The van der Waals surface area contributed by atoms with Gasteiger partial charge >= 0.3 is 5.97 Å². The topological polar surface area (TPSA) is 83.5 Å². The van der Waals surface area contributed by atoms with Crippen molar-refractivity contribution in [3.05, 3.63) is 0 Å². The van der Waals surface area contributed by atoms with E-state index in [1.165, 1.54) is 0 Å². The van der Waals surface area contributed by atoms with Crippen molar-refractivity contribution in [2.75, 3.05) is 0 Å². The molecule has 0 saturated carbocycles. The Hall–Kier alpha value is -0.610. The smallest absolute Gasteiger partial charge is 0.306 e. The van der Waals surface area contributed by atoms with Crippen molar-refractivity contribution in [1.82, 2.24) is 0 Å². The Morgan fingerprint density at radius 2 is 1.53 bits per heavy atom. The molecule has 0 aliphatic rings. The summed E-state index contributed by atoms with van der Waals surface area (Å²) in [4.78, 5) is 11.1. The molecule has 0 radical (unpaired) electrons. The van der Waals surface area contributed by atoms with Gasteiger partial charge in [-0.2, -0.15) is 0 Å². The van der Waals surface area contributed by atoms with Crippen LogP contribution in [0.5, 0.6) is 0 Å². The second kappa shape index (κ2) is 7.67. The van der Waals surface area contributed by atoms with Crippen LogP contribution in [0.2, 0.25) is 0 Å². The van der Waals surface area contributed by atoms with Crippen molar-refractivity contribution in [3.8, 4) is 0 Å². The van der Waals surface area contributed by atoms with E-state index in [4.69, 9.17) is 10.8 Å². The van der Waals surface area contributed by atoms with E-state index >= 15 is 0 Å². The number of hydrogen-bond acceptors (Lipinski definition) is 3. The summed E-state index contributed by atoms with van der Waals surface area (Å²) in [6.07, 6.45) is 0.828. The van der Waals surface area contributed by atoms with Gasteiger partial charge < -0.3 is 15.9 Å². The Kier molecular flexibility index (Phi) is 7.39. The fourth-order valence-corrected chi connectivity index (χ4v) is 2.03. The molecule has 17 heavy (non-hydrogen) atoms. The Labute approximate surface area is 104 Å². The van der Waals surface area contributed by atoms with Crippen LogP contribution in [0.3, 0.4) is 0 Å². The molecule has 0 heterocycles. The first-order valence-corrected chi connectivity index (χ1v) is 6.40. The summed E-state index contributed by atoms with van der Waals surface area (Å²) in [5.74, 6) is -0.615. The van der Waals surface area contributed by atoms with Gasteiger partial charge in [0.05, 0.1) is 12.0 Å². The van der Waals surface area contributed by atoms with Crippen LogP contribution < -0.4 is 5.73 Å². The minimum atomic E-state index is -0.838. The molecule has 102 valence electrons. The van der Waals surface area contributed by atoms with Gasteiger partial charge in [-0.1, -0.05) is 27.7 Å². The third-order valence-corrected chi connectivity index (χ3v) is 2.87. The summed E-state index contributed by atoms with van der Waals surface area (Å²) >= 11 is 0. The van der Waals surface area contributed by atoms with Crippen LogP contribution in [0.15, 0.2) is 0 Å². The van der Waals surface area contributed by atoms with E-state index in [2.05, 4.69) is 0 Å². The second-order valence-electron chi connectivity index (χ2n) is 5.76. The van der Waals surface area contributed by atoms with Gasteiger partial charge in [0.25, 0.3) is 0 Å². The highest BCUT2D eigenvalue weighted by atomic mass is 16.4. The normalized spacial score (nSPS) is 17.2. The number of aliphatic carboxylic acids is 1. The lowest BCUT2D eigenvalue weighted by Crippen LogP contribution is -2.38. The van der Waals surface area contributed by atoms with Gasteiger partial charge in [-0.15, -0.1) is 0 Å². The maximum Gasteiger partial charge on any atom is 0.306 e. The zero-order valence-electron chi connectivity index (χ0n) is 11.4. The van der Waals surface area contributed by atoms with Crippen LogP contribution in [0.1, 0.15) is 47.0 Å². The van der Waals surface area contributed by atoms with E-state index in [0.717, 1.165) is 6.42 Å². The highest BCUT2D eigenvalue weighted by Gasteiger charge is 2.25. The molecule has 0 bridgehead atoms. The molecule has 0 fully saturated rings. The molecule has 0 amide bonds. The molecule has 0 saturated heterocycles. The number of hydrogen-bond donors (Lipinski definition) is 3. The van der Waals surface area contributed by atoms with Crippen LogP contribution >= 0.6 is 0 Å². The zero-order valence-corrected chi connectivity index (χ0v) is 11.4. The Morgan fingerprint density at radius 1 is 1.06 bits per heavy atom. The molecule has 0 aromatic carbocycles.